The smallest absolute Gasteiger partial charge is 0.408 e. The summed E-state index contributed by atoms with van der Waals surface area (Å²) < 4.78 is 35.1. The number of carbonyl (C=O) groups excluding carboxylic acids is 2. The molecule has 96 valence electrons. The first-order valence-electron chi connectivity index (χ1n) is 5.03. The highest BCUT2D eigenvalue weighted by Crippen LogP contribution is 2.26. The lowest BCUT2D eigenvalue weighted by molar-refractivity contribution is -0.149. The Morgan fingerprint density at radius 3 is 2.72 bits per heavy atom. The van der Waals surface area contributed by atoms with E-state index in [1.54, 1.807) is 0 Å². The van der Waals surface area contributed by atoms with Crippen LogP contribution in [0.4, 0.5) is 13.6 Å². The van der Waals surface area contributed by atoms with Gasteiger partial charge in [-0.1, -0.05) is 6.07 Å². The van der Waals surface area contributed by atoms with Crippen molar-refractivity contribution in [2.24, 2.45) is 0 Å². The van der Waals surface area contributed by atoms with Crippen molar-refractivity contribution in [3.05, 3.63) is 35.4 Å². The first-order chi connectivity index (χ1) is 8.52. The fraction of sp³-hybridized carbons (Fsp3) is 0.273. The van der Waals surface area contributed by atoms with E-state index in [0.717, 1.165) is 19.2 Å². The molecule has 1 aliphatic rings. The number of hydrogen-bond acceptors (Lipinski definition) is 4. The van der Waals surface area contributed by atoms with Crippen molar-refractivity contribution in [1.29, 1.82) is 0 Å². The van der Waals surface area contributed by atoms with E-state index in [2.05, 4.69) is 10.1 Å². The van der Waals surface area contributed by atoms with Gasteiger partial charge in [0, 0.05) is 0 Å². The Labute approximate surface area is 101 Å². The van der Waals surface area contributed by atoms with Gasteiger partial charge in [-0.15, -0.1) is 0 Å². The SMILES string of the molecule is COC(=O)C1OC(=O)NC1c1ccc(F)c(F)c1. The molecule has 1 aliphatic heterocycles. The summed E-state index contributed by atoms with van der Waals surface area (Å²) in [6, 6.07) is 2.16. The van der Waals surface area contributed by atoms with Crippen LogP contribution in [0.25, 0.3) is 0 Å². The van der Waals surface area contributed by atoms with Crippen LogP contribution in [0.2, 0.25) is 0 Å². The maximum absolute atomic E-state index is 13.1. The molecule has 2 rings (SSSR count). The van der Waals surface area contributed by atoms with Crippen molar-refractivity contribution < 1.29 is 27.8 Å². The van der Waals surface area contributed by atoms with Crippen molar-refractivity contribution in [3.63, 3.8) is 0 Å². The summed E-state index contributed by atoms with van der Waals surface area (Å²) in [5.41, 5.74) is 0.218. The van der Waals surface area contributed by atoms with Crippen molar-refractivity contribution in [2.45, 2.75) is 12.1 Å². The zero-order valence-electron chi connectivity index (χ0n) is 9.28. The number of nitrogens with one attached hydrogen (secondary N) is 1. The molecule has 0 bridgehead atoms. The molecule has 7 heteroatoms. The quantitative estimate of drug-likeness (QED) is 0.811. The zero-order valence-corrected chi connectivity index (χ0v) is 9.28. The van der Waals surface area contributed by atoms with Crippen LogP contribution in [0.3, 0.4) is 0 Å². The molecule has 1 saturated heterocycles. The predicted molar refractivity (Wildman–Crippen MR) is 54.5 cm³/mol. The van der Waals surface area contributed by atoms with Gasteiger partial charge in [-0.05, 0) is 17.7 Å². The Morgan fingerprint density at radius 1 is 1.39 bits per heavy atom. The van der Waals surface area contributed by atoms with Crippen LogP contribution < -0.4 is 5.32 Å². The molecule has 5 nitrogen and oxygen atoms in total. The number of amides is 1. The van der Waals surface area contributed by atoms with Crippen LogP contribution >= 0.6 is 0 Å². The van der Waals surface area contributed by atoms with E-state index in [-0.39, 0.29) is 5.56 Å². The second kappa shape index (κ2) is 4.59. The molecule has 18 heavy (non-hydrogen) atoms. The number of rotatable bonds is 2. The summed E-state index contributed by atoms with van der Waals surface area (Å²) in [4.78, 5) is 22.5. The Hall–Kier alpha value is -2.18. The number of carbonyl (C=O) groups is 2. The van der Waals surface area contributed by atoms with Crippen LogP contribution in [0.15, 0.2) is 18.2 Å². The number of halogens is 2. The Kier molecular flexibility index (Phi) is 3.14. The molecule has 0 aromatic heterocycles. The second-order valence-corrected chi connectivity index (χ2v) is 3.64. The third-order valence-corrected chi connectivity index (χ3v) is 2.55. The number of benzene rings is 1. The van der Waals surface area contributed by atoms with Gasteiger partial charge in [0.15, 0.2) is 11.6 Å². The van der Waals surface area contributed by atoms with Crippen molar-refractivity contribution in [3.8, 4) is 0 Å². The molecule has 0 aliphatic carbocycles. The molecule has 0 saturated carbocycles. The van der Waals surface area contributed by atoms with Crippen LogP contribution in [-0.4, -0.2) is 25.3 Å². The number of alkyl carbamates (subject to hydrolysis) is 1. The standard InChI is InChI=1S/C11H9F2NO4/c1-17-10(15)9-8(14-11(16)18-9)5-2-3-6(12)7(13)4-5/h2-4,8-9H,1H3,(H,14,16). The highest BCUT2D eigenvalue weighted by Gasteiger charge is 2.41. The number of cyclic esters (lactones) is 1. The van der Waals surface area contributed by atoms with E-state index in [9.17, 15) is 18.4 Å². The normalized spacial score (nSPS) is 22.3. The number of ether oxygens (including phenoxy) is 2. The van der Waals surface area contributed by atoms with Gasteiger partial charge < -0.3 is 14.8 Å². The minimum Gasteiger partial charge on any atom is -0.466 e. The molecule has 2 unspecified atom stereocenters. The van der Waals surface area contributed by atoms with Crippen LogP contribution in [0, 0.1) is 11.6 Å². The Balaban J connectivity index is 2.32. The molecule has 1 fully saturated rings. The van der Waals surface area contributed by atoms with Gasteiger partial charge in [0.2, 0.25) is 6.10 Å². The topological polar surface area (TPSA) is 64.6 Å². The maximum atomic E-state index is 13.1. The van der Waals surface area contributed by atoms with Crippen LogP contribution in [0.5, 0.6) is 0 Å². The van der Waals surface area contributed by atoms with Gasteiger partial charge >= 0.3 is 12.1 Å². The lowest BCUT2D eigenvalue weighted by atomic mass is 10.0. The van der Waals surface area contributed by atoms with E-state index in [0.29, 0.717) is 0 Å². The third-order valence-electron chi connectivity index (χ3n) is 2.55. The maximum Gasteiger partial charge on any atom is 0.408 e. The summed E-state index contributed by atoms with van der Waals surface area (Å²) in [5, 5.41) is 2.33. The predicted octanol–water partition coefficient (Wildman–Crippen LogP) is 1.29. The van der Waals surface area contributed by atoms with E-state index >= 15 is 0 Å². The monoisotopic (exact) mass is 257 g/mol. The van der Waals surface area contributed by atoms with Crippen LogP contribution in [0.1, 0.15) is 11.6 Å². The molecule has 2 atom stereocenters. The Bertz CT molecular complexity index is 506. The third kappa shape index (κ3) is 2.11. The van der Waals surface area contributed by atoms with E-state index in [1.165, 1.54) is 6.07 Å². The van der Waals surface area contributed by atoms with Crippen molar-refractivity contribution in [1.82, 2.24) is 5.32 Å². The average molecular weight is 257 g/mol. The second-order valence-electron chi connectivity index (χ2n) is 3.64. The number of hydrogen-bond donors (Lipinski definition) is 1. The molecular formula is C11H9F2NO4. The van der Waals surface area contributed by atoms with E-state index < -0.39 is 35.8 Å². The lowest BCUT2D eigenvalue weighted by Crippen LogP contribution is -2.30. The minimum absolute atomic E-state index is 0.218. The van der Waals surface area contributed by atoms with Crippen molar-refractivity contribution >= 4 is 12.1 Å². The highest BCUT2D eigenvalue weighted by atomic mass is 19.2. The summed E-state index contributed by atoms with van der Waals surface area (Å²) in [5.74, 6) is -2.86. The average Bonchev–Trinajstić information content (AvgIpc) is 2.74. The zero-order chi connectivity index (χ0) is 13.3. The number of esters is 1. The van der Waals surface area contributed by atoms with Gasteiger partial charge in [-0.2, -0.15) is 0 Å². The summed E-state index contributed by atoms with van der Waals surface area (Å²) in [7, 11) is 1.14. The molecular weight excluding hydrogens is 248 g/mol. The minimum atomic E-state index is -1.22. The molecule has 1 heterocycles. The van der Waals surface area contributed by atoms with E-state index in [1.807, 2.05) is 0 Å². The Morgan fingerprint density at radius 2 is 2.11 bits per heavy atom. The van der Waals surface area contributed by atoms with Gasteiger partial charge in [0.1, 0.15) is 6.04 Å². The molecule has 0 spiro atoms. The first-order valence-corrected chi connectivity index (χ1v) is 5.03. The molecule has 1 aromatic rings. The first kappa shape index (κ1) is 12.3. The fourth-order valence-electron chi connectivity index (χ4n) is 1.68. The molecule has 1 aromatic carbocycles. The summed E-state index contributed by atoms with van der Waals surface area (Å²) >= 11 is 0. The number of methoxy groups -OCH3 is 1. The molecule has 1 amide bonds. The molecule has 0 radical (unpaired) electrons. The summed E-state index contributed by atoms with van der Waals surface area (Å²) in [6.45, 7) is 0. The van der Waals surface area contributed by atoms with Gasteiger partial charge in [-0.3, -0.25) is 0 Å². The van der Waals surface area contributed by atoms with E-state index in [4.69, 9.17) is 4.74 Å². The van der Waals surface area contributed by atoms with Gasteiger partial charge in [0.25, 0.3) is 0 Å². The lowest BCUT2D eigenvalue weighted by Gasteiger charge is -2.15. The van der Waals surface area contributed by atoms with Crippen LogP contribution in [-0.2, 0) is 14.3 Å². The van der Waals surface area contributed by atoms with Gasteiger partial charge in [-0.25, -0.2) is 18.4 Å². The van der Waals surface area contributed by atoms with Gasteiger partial charge in [0.05, 0.1) is 7.11 Å². The van der Waals surface area contributed by atoms with Crippen molar-refractivity contribution in [2.75, 3.05) is 7.11 Å². The molecule has 1 N–H and O–H groups in total. The summed E-state index contributed by atoms with van der Waals surface area (Å²) in [6.07, 6.45) is -2.03. The highest BCUT2D eigenvalue weighted by molar-refractivity contribution is 5.83. The largest absolute Gasteiger partial charge is 0.466 e. The fourth-order valence-corrected chi connectivity index (χ4v) is 1.68.